The third-order valence-electron chi connectivity index (χ3n) is 2.90. The molecular formula is C15H23LiOP. The Balaban J connectivity index is 0.00000289. The summed E-state index contributed by atoms with van der Waals surface area (Å²) in [5.74, 6) is 0.608. The molecule has 1 nitrogen and oxygen atoms in total. The van der Waals surface area contributed by atoms with Crippen LogP contribution in [0.2, 0.25) is 0 Å². The monoisotopic (exact) mass is 257 g/mol. The third kappa shape index (κ3) is 4.89. The first-order valence-electron chi connectivity index (χ1n) is 6.49. The first kappa shape index (κ1) is 17.9. The van der Waals surface area contributed by atoms with Crippen LogP contribution < -0.4 is 0 Å². The van der Waals surface area contributed by atoms with Crippen LogP contribution in [-0.2, 0) is 12.8 Å². The Morgan fingerprint density at radius 1 is 1.17 bits per heavy atom. The van der Waals surface area contributed by atoms with Crippen molar-refractivity contribution in [3.63, 3.8) is 0 Å². The number of carbonyl (C=O) groups is 1. The van der Waals surface area contributed by atoms with E-state index in [0.29, 0.717) is 20.0 Å². The van der Waals surface area contributed by atoms with Crippen molar-refractivity contribution in [2.45, 2.75) is 40.5 Å². The van der Waals surface area contributed by atoms with E-state index in [1.165, 1.54) is 11.1 Å². The second-order valence-corrected chi connectivity index (χ2v) is 5.98. The summed E-state index contributed by atoms with van der Waals surface area (Å²) in [5, 5.41) is 0. The number of hydrogen-bond donors (Lipinski definition) is 0. The van der Waals surface area contributed by atoms with Gasteiger partial charge in [0.1, 0.15) is 0 Å². The standard InChI is InChI=1S/C15H23OP.Li/c1-5-12-8-7-9-13(6-2)14(12)15(16)17-10-11(3)4;/h7-9,11,17H,5-6,10H2,1-4H3;. The van der Waals surface area contributed by atoms with Gasteiger partial charge in [0.25, 0.3) is 0 Å². The first-order valence-corrected chi connectivity index (χ1v) is 7.69. The second kappa shape index (κ2) is 8.92. The van der Waals surface area contributed by atoms with Crippen LogP contribution in [0, 0.1) is 5.92 Å². The summed E-state index contributed by atoms with van der Waals surface area (Å²) >= 11 is 0. The van der Waals surface area contributed by atoms with Gasteiger partial charge in [0.05, 0.1) is 0 Å². The van der Waals surface area contributed by atoms with Crippen molar-refractivity contribution in [3.05, 3.63) is 34.9 Å². The topological polar surface area (TPSA) is 17.1 Å². The fourth-order valence-corrected chi connectivity index (χ4v) is 3.01. The average molecular weight is 257 g/mol. The van der Waals surface area contributed by atoms with Gasteiger partial charge in [0.15, 0.2) is 5.52 Å². The van der Waals surface area contributed by atoms with Gasteiger partial charge < -0.3 is 0 Å². The fraction of sp³-hybridized carbons (Fsp3) is 0.533. The van der Waals surface area contributed by atoms with Crippen molar-refractivity contribution in [2.24, 2.45) is 5.92 Å². The molecule has 0 N–H and O–H groups in total. The maximum absolute atomic E-state index is 12.3. The van der Waals surface area contributed by atoms with E-state index in [1.54, 1.807) is 0 Å². The first-order chi connectivity index (χ1) is 8.10. The van der Waals surface area contributed by atoms with E-state index in [9.17, 15) is 4.79 Å². The van der Waals surface area contributed by atoms with Crippen LogP contribution in [0.5, 0.6) is 0 Å². The quantitative estimate of drug-likeness (QED) is 0.558. The zero-order chi connectivity index (χ0) is 12.8. The normalized spacial score (nSPS) is 10.9. The Hall–Kier alpha value is -0.0826. The number of benzene rings is 1. The average Bonchev–Trinajstić information content (AvgIpc) is 2.34. The summed E-state index contributed by atoms with van der Waals surface area (Å²) in [5.41, 5.74) is 3.79. The van der Waals surface area contributed by atoms with Crippen molar-refractivity contribution in [1.29, 1.82) is 0 Å². The van der Waals surface area contributed by atoms with Gasteiger partial charge in [0, 0.05) is 24.4 Å². The van der Waals surface area contributed by atoms with Crippen molar-refractivity contribution in [1.82, 2.24) is 0 Å². The SMILES string of the molecule is CCc1cccc(CC)c1C(=O)PCC(C)C.[Li]. The summed E-state index contributed by atoms with van der Waals surface area (Å²) in [6.45, 7) is 8.59. The van der Waals surface area contributed by atoms with Gasteiger partial charge in [-0.05, 0) is 44.6 Å². The van der Waals surface area contributed by atoms with Crippen LogP contribution in [0.4, 0.5) is 0 Å². The number of carbonyl (C=O) groups excluding carboxylic acids is 1. The molecule has 0 aliphatic carbocycles. The number of rotatable bonds is 6. The minimum Gasteiger partial charge on any atom is -0.289 e. The summed E-state index contributed by atoms with van der Waals surface area (Å²) in [7, 11) is 0.424. The predicted molar refractivity (Wildman–Crippen MR) is 83.3 cm³/mol. The molecule has 1 aromatic rings. The Bertz CT molecular complexity index is 366. The molecule has 0 aliphatic heterocycles. The minimum atomic E-state index is 0. The summed E-state index contributed by atoms with van der Waals surface area (Å²) in [6.07, 6.45) is 2.90. The molecule has 1 atom stereocenters. The molecule has 1 aromatic carbocycles. The zero-order valence-corrected chi connectivity index (χ0v) is 13.3. The van der Waals surface area contributed by atoms with Gasteiger partial charge in [0.2, 0.25) is 0 Å². The van der Waals surface area contributed by atoms with Gasteiger partial charge >= 0.3 is 0 Å². The number of hydrogen-bond acceptors (Lipinski definition) is 1. The summed E-state index contributed by atoms with van der Waals surface area (Å²) < 4.78 is 0. The largest absolute Gasteiger partial charge is 0.289 e. The van der Waals surface area contributed by atoms with Crippen LogP contribution in [0.1, 0.15) is 49.2 Å². The molecule has 18 heavy (non-hydrogen) atoms. The van der Waals surface area contributed by atoms with Gasteiger partial charge in [-0.1, -0.05) is 45.9 Å². The van der Waals surface area contributed by atoms with E-state index in [-0.39, 0.29) is 18.9 Å². The molecule has 0 amide bonds. The molecule has 0 aliphatic rings. The van der Waals surface area contributed by atoms with E-state index in [1.807, 2.05) is 0 Å². The van der Waals surface area contributed by atoms with E-state index in [2.05, 4.69) is 45.9 Å². The molecule has 1 radical (unpaired) electrons. The Kier molecular flexibility index (Phi) is 8.88. The molecule has 95 valence electrons. The molecule has 3 heteroatoms. The van der Waals surface area contributed by atoms with Crippen molar-refractivity contribution < 1.29 is 4.79 Å². The van der Waals surface area contributed by atoms with E-state index in [0.717, 1.165) is 24.6 Å². The van der Waals surface area contributed by atoms with E-state index < -0.39 is 0 Å². The van der Waals surface area contributed by atoms with Crippen LogP contribution >= 0.6 is 8.58 Å². The molecule has 0 aromatic heterocycles. The Morgan fingerprint density at radius 3 is 2.06 bits per heavy atom. The van der Waals surface area contributed by atoms with Crippen LogP contribution in [0.25, 0.3) is 0 Å². The fourth-order valence-electron chi connectivity index (χ4n) is 1.92. The molecule has 0 saturated carbocycles. The van der Waals surface area contributed by atoms with Crippen molar-refractivity contribution in [2.75, 3.05) is 6.16 Å². The molecule has 0 saturated heterocycles. The second-order valence-electron chi connectivity index (χ2n) is 4.76. The molecule has 0 spiro atoms. The molecule has 1 unspecified atom stereocenters. The smallest absolute Gasteiger partial charge is 0.181 e. The third-order valence-corrected chi connectivity index (χ3v) is 4.49. The summed E-state index contributed by atoms with van der Waals surface area (Å²) in [4.78, 5) is 12.3. The molecule has 1 rings (SSSR count). The predicted octanol–water partition coefficient (Wildman–Crippen LogP) is 3.91. The van der Waals surface area contributed by atoms with E-state index in [4.69, 9.17) is 0 Å². The van der Waals surface area contributed by atoms with Crippen molar-refractivity contribution in [3.8, 4) is 0 Å². The van der Waals surface area contributed by atoms with Crippen LogP contribution in [0.15, 0.2) is 18.2 Å². The molecule has 0 heterocycles. The van der Waals surface area contributed by atoms with Crippen LogP contribution in [-0.4, -0.2) is 30.5 Å². The molecular weight excluding hydrogens is 234 g/mol. The minimum absolute atomic E-state index is 0. The Morgan fingerprint density at radius 2 is 1.67 bits per heavy atom. The molecule has 0 fully saturated rings. The van der Waals surface area contributed by atoms with Gasteiger partial charge in [-0.2, -0.15) is 0 Å². The van der Waals surface area contributed by atoms with Gasteiger partial charge in [-0.3, -0.25) is 4.79 Å². The molecule has 0 bridgehead atoms. The number of aryl methyl sites for hydroxylation is 2. The maximum atomic E-state index is 12.3. The maximum Gasteiger partial charge on any atom is 0.181 e. The van der Waals surface area contributed by atoms with Crippen LogP contribution in [0.3, 0.4) is 0 Å². The van der Waals surface area contributed by atoms with Gasteiger partial charge in [-0.25, -0.2) is 0 Å². The van der Waals surface area contributed by atoms with Gasteiger partial charge in [-0.15, -0.1) is 0 Å². The van der Waals surface area contributed by atoms with Crippen molar-refractivity contribution >= 4 is 33.0 Å². The van der Waals surface area contributed by atoms with E-state index >= 15 is 0 Å². The Labute approximate surface area is 125 Å². The zero-order valence-electron chi connectivity index (χ0n) is 12.3. The summed E-state index contributed by atoms with van der Waals surface area (Å²) in [6, 6.07) is 6.25.